The lowest BCUT2D eigenvalue weighted by Gasteiger charge is -2.31. The number of carboxylic acid groups (broad SMARTS) is 1. The number of hydrogen-bond acceptors (Lipinski definition) is 3. The molecule has 1 aromatic heterocycles. The number of aryl methyl sites for hydroxylation is 1. The first-order chi connectivity index (χ1) is 9.38. The van der Waals surface area contributed by atoms with Crippen molar-refractivity contribution in [3.63, 3.8) is 0 Å². The number of furan rings is 1. The average Bonchev–Trinajstić information content (AvgIpc) is 2.72. The van der Waals surface area contributed by atoms with E-state index in [0.29, 0.717) is 17.7 Å². The van der Waals surface area contributed by atoms with E-state index < -0.39 is 5.97 Å². The predicted molar refractivity (Wildman–Crippen MR) is 80.0 cm³/mol. The Balaban J connectivity index is 2.91. The average molecular weight is 281 g/mol. The summed E-state index contributed by atoms with van der Waals surface area (Å²) in [7, 11) is 0. The fraction of sp³-hybridized carbons (Fsp3) is 0.688. The Kier molecular flexibility index (Phi) is 6.27. The topological polar surface area (TPSA) is 53.7 Å². The number of carbonyl (C=O) groups is 1. The summed E-state index contributed by atoms with van der Waals surface area (Å²) in [6.07, 6.45) is 2.21. The van der Waals surface area contributed by atoms with Gasteiger partial charge in [0.05, 0.1) is 0 Å². The van der Waals surface area contributed by atoms with Crippen LogP contribution in [0, 0.1) is 12.8 Å². The molecule has 1 heterocycles. The third-order valence-electron chi connectivity index (χ3n) is 3.66. The summed E-state index contributed by atoms with van der Waals surface area (Å²) in [5.41, 5.74) is 0.981. The summed E-state index contributed by atoms with van der Waals surface area (Å²) < 4.78 is 5.30. The second-order valence-corrected chi connectivity index (χ2v) is 5.79. The van der Waals surface area contributed by atoms with Crippen LogP contribution in [-0.4, -0.2) is 28.6 Å². The third kappa shape index (κ3) is 4.37. The molecule has 0 unspecified atom stereocenters. The number of hydrogen-bond donors (Lipinski definition) is 1. The van der Waals surface area contributed by atoms with Crippen LogP contribution in [0.3, 0.4) is 0 Å². The van der Waals surface area contributed by atoms with E-state index in [-0.39, 0.29) is 5.76 Å². The van der Waals surface area contributed by atoms with Gasteiger partial charge in [-0.2, -0.15) is 0 Å². The molecule has 0 spiro atoms. The van der Waals surface area contributed by atoms with Gasteiger partial charge in [0.1, 0.15) is 5.76 Å². The molecule has 0 atom stereocenters. The van der Waals surface area contributed by atoms with Gasteiger partial charge in [-0.1, -0.05) is 27.7 Å². The van der Waals surface area contributed by atoms with Crippen LogP contribution >= 0.6 is 0 Å². The van der Waals surface area contributed by atoms with E-state index >= 15 is 0 Å². The van der Waals surface area contributed by atoms with Gasteiger partial charge in [0.15, 0.2) is 0 Å². The molecule has 4 nitrogen and oxygen atoms in total. The minimum absolute atomic E-state index is 0.0338. The van der Waals surface area contributed by atoms with Crippen molar-refractivity contribution in [2.24, 2.45) is 5.92 Å². The van der Waals surface area contributed by atoms with Crippen LogP contribution in [-0.2, 0) is 6.54 Å². The van der Waals surface area contributed by atoms with E-state index in [1.807, 2.05) is 6.92 Å². The van der Waals surface area contributed by atoms with Gasteiger partial charge in [-0.25, -0.2) is 4.79 Å². The first-order valence-corrected chi connectivity index (χ1v) is 7.45. The van der Waals surface area contributed by atoms with E-state index in [4.69, 9.17) is 9.52 Å². The van der Waals surface area contributed by atoms with Crippen LogP contribution in [0.25, 0.3) is 0 Å². The monoisotopic (exact) mass is 281 g/mol. The minimum Gasteiger partial charge on any atom is -0.475 e. The highest BCUT2D eigenvalue weighted by atomic mass is 16.4. The highest BCUT2D eigenvalue weighted by Crippen LogP contribution is 2.21. The lowest BCUT2D eigenvalue weighted by molar-refractivity contribution is 0.0661. The molecule has 0 aliphatic rings. The summed E-state index contributed by atoms with van der Waals surface area (Å²) in [6.45, 7) is 12.4. The largest absolute Gasteiger partial charge is 0.475 e. The quantitative estimate of drug-likeness (QED) is 0.784. The molecule has 4 heteroatoms. The van der Waals surface area contributed by atoms with Crippen LogP contribution in [0.1, 0.15) is 62.4 Å². The van der Waals surface area contributed by atoms with E-state index in [9.17, 15) is 4.79 Å². The number of nitrogens with zero attached hydrogens (tertiary/aromatic N) is 1. The Labute approximate surface area is 121 Å². The molecule has 0 amide bonds. The van der Waals surface area contributed by atoms with Crippen molar-refractivity contribution in [3.8, 4) is 0 Å². The van der Waals surface area contributed by atoms with E-state index in [1.165, 1.54) is 0 Å². The number of carboxylic acids is 1. The van der Waals surface area contributed by atoms with Gasteiger partial charge >= 0.3 is 5.97 Å². The standard InChI is InChI=1S/C16H27NO3/c1-6-14(7-2)17(9-11(3)4)10-13-8-15(16(18)19)20-12(13)5/h8,11,14H,6-7,9-10H2,1-5H3,(H,18,19). The van der Waals surface area contributed by atoms with E-state index in [2.05, 4.69) is 32.6 Å². The van der Waals surface area contributed by atoms with Gasteiger partial charge in [-0.3, -0.25) is 4.90 Å². The molecule has 0 bridgehead atoms. The van der Waals surface area contributed by atoms with Gasteiger partial charge in [-0.05, 0) is 31.7 Å². The molecule has 0 radical (unpaired) electrons. The van der Waals surface area contributed by atoms with Crippen LogP contribution in [0.4, 0.5) is 0 Å². The van der Waals surface area contributed by atoms with Crippen LogP contribution in [0.2, 0.25) is 0 Å². The first kappa shape index (κ1) is 16.8. The Hall–Kier alpha value is -1.29. The second-order valence-electron chi connectivity index (χ2n) is 5.79. The fourth-order valence-electron chi connectivity index (χ4n) is 2.62. The molecule has 114 valence electrons. The van der Waals surface area contributed by atoms with E-state index in [0.717, 1.165) is 31.5 Å². The van der Waals surface area contributed by atoms with Crippen molar-refractivity contribution >= 4 is 5.97 Å². The molecular formula is C16H27NO3. The zero-order valence-corrected chi connectivity index (χ0v) is 13.3. The van der Waals surface area contributed by atoms with Gasteiger partial charge in [0, 0.05) is 24.7 Å². The Morgan fingerprint density at radius 1 is 1.35 bits per heavy atom. The maximum atomic E-state index is 11.0. The van der Waals surface area contributed by atoms with Crippen LogP contribution < -0.4 is 0 Å². The molecular weight excluding hydrogens is 254 g/mol. The van der Waals surface area contributed by atoms with Crippen molar-refractivity contribution in [1.82, 2.24) is 4.90 Å². The number of rotatable bonds is 8. The Morgan fingerprint density at radius 3 is 2.35 bits per heavy atom. The zero-order valence-electron chi connectivity index (χ0n) is 13.3. The molecule has 0 aliphatic heterocycles. The molecule has 1 rings (SSSR count). The van der Waals surface area contributed by atoms with Crippen molar-refractivity contribution in [3.05, 3.63) is 23.2 Å². The van der Waals surface area contributed by atoms with Gasteiger partial charge < -0.3 is 9.52 Å². The van der Waals surface area contributed by atoms with Gasteiger partial charge in [-0.15, -0.1) is 0 Å². The van der Waals surface area contributed by atoms with Gasteiger partial charge in [0.25, 0.3) is 0 Å². The lowest BCUT2D eigenvalue weighted by atomic mass is 10.1. The van der Waals surface area contributed by atoms with Crippen molar-refractivity contribution < 1.29 is 14.3 Å². The molecule has 1 N–H and O–H groups in total. The smallest absolute Gasteiger partial charge is 0.371 e. The normalized spacial score (nSPS) is 11.8. The van der Waals surface area contributed by atoms with Crippen molar-refractivity contribution in [2.45, 2.75) is 60.0 Å². The lowest BCUT2D eigenvalue weighted by Crippen LogP contribution is -2.36. The van der Waals surface area contributed by atoms with Crippen LogP contribution in [0.5, 0.6) is 0 Å². The summed E-state index contributed by atoms with van der Waals surface area (Å²) >= 11 is 0. The summed E-state index contributed by atoms with van der Waals surface area (Å²) in [6, 6.07) is 2.19. The Morgan fingerprint density at radius 2 is 1.95 bits per heavy atom. The SMILES string of the molecule is CCC(CC)N(Cc1cc(C(=O)O)oc1C)CC(C)C. The summed E-state index contributed by atoms with van der Waals surface area (Å²) in [5, 5.41) is 9.00. The van der Waals surface area contributed by atoms with Crippen molar-refractivity contribution in [2.75, 3.05) is 6.54 Å². The maximum absolute atomic E-state index is 11.0. The fourth-order valence-corrected chi connectivity index (χ4v) is 2.62. The summed E-state index contributed by atoms with van der Waals surface area (Å²) in [4.78, 5) is 13.4. The highest BCUT2D eigenvalue weighted by Gasteiger charge is 2.20. The zero-order chi connectivity index (χ0) is 15.3. The first-order valence-electron chi connectivity index (χ1n) is 7.45. The molecule has 0 saturated heterocycles. The number of aromatic carboxylic acids is 1. The van der Waals surface area contributed by atoms with Crippen molar-refractivity contribution in [1.29, 1.82) is 0 Å². The molecule has 0 aromatic carbocycles. The molecule has 0 fully saturated rings. The Bertz CT molecular complexity index is 433. The molecule has 0 saturated carbocycles. The summed E-state index contributed by atoms with van der Waals surface area (Å²) in [5.74, 6) is 0.327. The molecule has 1 aromatic rings. The molecule has 20 heavy (non-hydrogen) atoms. The predicted octanol–water partition coefficient (Wildman–Crippen LogP) is 3.93. The maximum Gasteiger partial charge on any atom is 0.371 e. The minimum atomic E-state index is -1.00. The van der Waals surface area contributed by atoms with E-state index in [1.54, 1.807) is 6.07 Å². The van der Waals surface area contributed by atoms with Crippen LogP contribution in [0.15, 0.2) is 10.5 Å². The van der Waals surface area contributed by atoms with Gasteiger partial charge in [0.2, 0.25) is 5.76 Å². The second kappa shape index (κ2) is 7.48. The highest BCUT2D eigenvalue weighted by molar-refractivity contribution is 5.84. The molecule has 0 aliphatic carbocycles. The third-order valence-corrected chi connectivity index (χ3v) is 3.66.